The van der Waals surface area contributed by atoms with Gasteiger partial charge in [0.2, 0.25) is 5.75 Å². The fraction of sp³-hybridized carbons (Fsp3) is 0.450. The van der Waals surface area contributed by atoms with Crippen molar-refractivity contribution < 1.29 is 49.0 Å². The molecule has 1 heterocycles. The lowest BCUT2D eigenvalue weighted by molar-refractivity contribution is -0.134. The van der Waals surface area contributed by atoms with Gasteiger partial charge in [-0.05, 0) is 12.1 Å². The predicted octanol–water partition coefficient (Wildman–Crippen LogP) is 0.00630. The molecule has 0 atom stereocenters. The van der Waals surface area contributed by atoms with Crippen molar-refractivity contribution in [2.45, 2.75) is 0 Å². The number of methoxy groups -OCH3 is 3. The summed E-state index contributed by atoms with van der Waals surface area (Å²) < 4.78 is 15.0. The maximum Gasteiger partial charge on any atom is 0.339 e. The summed E-state index contributed by atoms with van der Waals surface area (Å²) in [7, 11) is 4.27. The molecule has 0 saturated carbocycles. The van der Waals surface area contributed by atoms with Crippen molar-refractivity contribution in [1.29, 1.82) is 0 Å². The van der Waals surface area contributed by atoms with Crippen molar-refractivity contribution in [3.63, 3.8) is 0 Å². The van der Waals surface area contributed by atoms with E-state index in [2.05, 4.69) is 10.2 Å². The smallest absolute Gasteiger partial charge is 0.339 e. The van der Waals surface area contributed by atoms with Crippen LogP contribution in [0.5, 0.6) is 17.2 Å². The number of benzene rings is 1. The molecule has 1 aliphatic rings. The number of carboxylic acids is 3. The van der Waals surface area contributed by atoms with Crippen molar-refractivity contribution in [3.8, 4) is 17.2 Å². The molecule has 5 N–H and O–H groups in total. The summed E-state index contributed by atoms with van der Waals surface area (Å²) in [6, 6.07) is 2.92. The van der Waals surface area contributed by atoms with Crippen molar-refractivity contribution in [2.75, 3.05) is 60.7 Å². The molecule has 0 bridgehead atoms. The van der Waals surface area contributed by atoms with Gasteiger partial charge in [-0.2, -0.15) is 0 Å². The van der Waals surface area contributed by atoms with Crippen LogP contribution in [0.2, 0.25) is 0 Å². The van der Waals surface area contributed by atoms with E-state index in [1.165, 1.54) is 33.5 Å². The maximum absolute atomic E-state index is 10.9. The van der Waals surface area contributed by atoms with Crippen LogP contribution >= 0.6 is 0 Å². The number of piperazine rings is 1. The maximum atomic E-state index is 10.9. The van der Waals surface area contributed by atoms with E-state index in [1.54, 1.807) is 0 Å². The summed E-state index contributed by atoms with van der Waals surface area (Å²) in [5.41, 5.74) is 0.0372. The van der Waals surface area contributed by atoms with Gasteiger partial charge in [0.05, 0.1) is 27.9 Å². The van der Waals surface area contributed by atoms with Crippen LogP contribution in [0, 0.1) is 0 Å². The molecule has 180 valence electrons. The number of nitrogens with one attached hydrogen (secondary N) is 1. The van der Waals surface area contributed by atoms with Gasteiger partial charge in [-0.1, -0.05) is 0 Å². The van der Waals surface area contributed by atoms with E-state index >= 15 is 0 Å². The highest BCUT2D eigenvalue weighted by atomic mass is 16.5. The van der Waals surface area contributed by atoms with Gasteiger partial charge >= 0.3 is 17.9 Å². The number of nitrogens with zero attached hydrogens (tertiary/aromatic N) is 1. The fourth-order valence-electron chi connectivity index (χ4n) is 2.49. The number of carboxylic acid groups (broad SMARTS) is 3. The van der Waals surface area contributed by atoms with Crippen LogP contribution in [-0.4, -0.2) is 104 Å². The van der Waals surface area contributed by atoms with Gasteiger partial charge < -0.3 is 40.0 Å². The Kier molecular flexibility index (Phi) is 14.6. The number of hydrogen-bond donors (Lipinski definition) is 5. The van der Waals surface area contributed by atoms with Gasteiger partial charge in [-0.25, -0.2) is 14.4 Å². The molecular weight excluding hydrogens is 428 g/mol. The normalized spacial score (nSPS) is 13.1. The van der Waals surface area contributed by atoms with E-state index in [0.29, 0.717) is 24.5 Å². The zero-order valence-electron chi connectivity index (χ0n) is 18.2. The number of aliphatic carboxylic acids is 2. The van der Waals surface area contributed by atoms with Gasteiger partial charge in [0.1, 0.15) is 5.56 Å². The average molecular weight is 458 g/mol. The molecule has 0 amide bonds. The molecule has 0 unspecified atom stereocenters. The minimum absolute atomic E-state index is 0.0372. The highest BCUT2D eigenvalue weighted by molar-refractivity contribution is 5.92. The van der Waals surface area contributed by atoms with Crippen LogP contribution in [-0.2, 0) is 9.59 Å². The van der Waals surface area contributed by atoms with Crippen molar-refractivity contribution in [1.82, 2.24) is 10.2 Å². The zero-order valence-corrected chi connectivity index (χ0v) is 18.2. The van der Waals surface area contributed by atoms with Crippen molar-refractivity contribution in [2.24, 2.45) is 0 Å². The largest absolute Gasteiger partial charge is 0.493 e. The minimum Gasteiger partial charge on any atom is -0.493 e. The summed E-state index contributed by atoms with van der Waals surface area (Å²) in [6.07, 6.45) is 1.12. The number of carbonyl (C=O) groups is 3. The molecule has 1 aromatic rings. The van der Waals surface area contributed by atoms with E-state index in [0.717, 1.165) is 32.7 Å². The van der Waals surface area contributed by atoms with E-state index < -0.39 is 17.9 Å². The summed E-state index contributed by atoms with van der Waals surface area (Å²) in [5, 5.41) is 36.3. The second-order valence-corrected chi connectivity index (χ2v) is 6.01. The van der Waals surface area contributed by atoms with Gasteiger partial charge in [-0.3, -0.25) is 4.90 Å². The number of rotatable bonds is 8. The van der Waals surface area contributed by atoms with Crippen LogP contribution in [0.25, 0.3) is 0 Å². The predicted molar refractivity (Wildman–Crippen MR) is 114 cm³/mol. The van der Waals surface area contributed by atoms with Crippen molar-refractivity contribution in [3.05, 3.63) is 29.8 Å². The fourth-order valence-corrected chi connectivity index (χ4v) is 2.49. The summed E-state index contributed by atoms with van der Waals surface area (Å²) >= 11 is 0. The monoisotopic (exact) mass is 458 g/mol. The molecule has 12 heteroatoms. The Morgan fingerprint density at radius 2 is 1.47 bits per heavy atom. The summed E-state index contributed by atoms with van der Waals surface area (Å²) in [6.45, 7) is 5.43. The van der Waals surface area contributed by atoms with Gasteiger partial charge in [-0.15, -0.1) is 0 Å². The van der Waals surface area contributed by atoms with Gasteiger partial charge in [0.25, 0.3) is 0 Å². The molecule has 1 aliphatic heterocycles. The SMILES string of the molecule is COc1ccc(C(=O)O)c(OC)c1OC.O=C(O)C=CC(=O)O.OCCN1CCNCC1. The topological polar surface area (TPSA) is 175 Å². The van der Waals surface area contributed by atoms with Crippen LogP contribution in [0.3, 0.4) is 0 Å². The lowest BCUT2D eigenvalue weighted by atomic mass is 10.1. The van der Waals surface area contributed by atoms with E-state index in [-0.39, 0.29) is 17.1 Å². The number of β-amino-alcohol motifs (C(OH)–C–C–N with tert-alkyl or cyclic N) is 1. The third kappa shape index (κ3) is 11.2. The zero-order chi connectivity index (χ0) is 24.5. The van der Waals surface area contributed by atoms with Gasteiger partial charge in [0, 0.05) is 44.9 Å². The molecule has 0 aliphatic carbocycles. The molecule has 0 radical (unpaired) electrons. The van der Waals surface area contributed by atoms with Crippen LogP contribution in [0.15, 0.2) is 24.3 Å². The highest BCUT2D eigenvalue weighted by Crippen LogP contribution is 2.39. The molecule has 1 fully saturated rings. The Morgan fingerprint density at radius 3 is 1.84 bits per heavy atom. The first-order valence-electron chi connectivity index (χ1n) is 9.41. The van der Waals surface area contributed by atoms with E-state index in [9.17, 15) is 14.4 Å². The third-order valence-corrected chi connectivity index (χ3v) is 3.93. The Morgan fingerprint density at radius 1 is 0.938 bits per heavy atom. The third-order valence-electron chi connectivity index (χ3n) is 3.93. The second-order valence-electron chi connectivity index (χ2n) is 6.01. The van der Waals surface area contributed by atoms with Crippen molar-refractivity contribution >= 4 is 17.9 Å². The standard InChI is InChI=1S/C10H12O5.C6H14N2O.C4H4O4/c1-13-7-5-4-6(10(11)12)8(14-2)9(7)15-3;9-6-5-8-3-1-7-2-4-8;5-3(6)1-2-4(7)8/h4-5H,1-3H3,(H,11,12);7,9H,1-6H2;1-2H,(H,5,6)(H,7,8). The average Bonchev–Trinajstić information content (AvgIpc) is 2.78. The number of aromatic carboxylic acids is 1. The molecule has 12 nitrogen and oxygen atoms in total. The molecule has 32 heavy (non-hydrogen) atoms. The highest BCUT2D eigenvalue weighted by Gasteiger charge is 2.19. The quantitative estimate of drug-likeness (QED) is 0.330. The van der Waals surface area contributed by atoms with E-state index in [1.807, 2.05) is 0 Å². The number of hydrogen-bond acceptors (Lipinski definition) is 9. The molecule has 2 rings (SSSR count). The Bertz CT molecular complexity index is 742. The summed E-state index contributed by atoms with van der Waals surface area (Å²) in [4.78, 5) is 32.2. The first kappa shape index (κ1) is 28.6. The lowest BCUT2D eigenvalue weighted by Gasteiger charge is -2.25. The summed E-state index contributed by atoms with van der Waals surface area (Å²) in [5.74, 6) is -2.73. The number of ether oxygens (including phenoxy) is 3. The Hall–Kier alpha value is -3.35. The molecule has 1 saturated heterocycles. The first-order chi connectivity index (χ1) is 15.2. The first-order valence-corrected chi connectivity index (χ1v) is 9.41. The molecule has 0 aromatic heterocycles. The molecule has 0 spiro atoms. The van der Waals surface area contributed by atoms with Gasteiger partial charge in [0.15, 0.2) is 11.5 Å². The second kappa shape index (κ2) is 16.4. The van der Waals surface area contributed by atoms with Crippen LogP contribution in [0.4, 0.5) is 0 Å². The Labute approximate surface area is 185 Å². The number of aliphatic hydroxyl groups excluding tert-OH is 1. The minimum atomic E-state index is -1.26. The molecular formula is C20H30N2O10. The molecule has 1 aromatic carbocycles. The van der Waals surface area contributed by atoms with Crippen LogP contribution < -0.4 is 19.5 Å². The van der Waals surface area contributed by atoms with Crippen LogP contribution in [0.1, 0.15) is 10.4 Å². The van der Waals surface area contributed by atoms with E-state index in [4.69, 9.17) is 34.6 Å². The Balaban J connectivity index is 0.000000485. The lowest BCUT2D eigenvalue weighted by Crippen LogP contribution is -2.44. The number of aliphatic hydroxyl groups is 1.